The fraction of sp³-hybridized carbons (Fsp3) is 0.500. The summed E-state index contributed by atoms with van der Waals surface area (Å²) in [6, 6.07) is 8.72. The third-order valence-corrected chi connectivity index (χ3v) is 5.30. The van der Waals surface area contributed by atoms with Crippen LogP contribution in [0.5, 0.6) is 5.88 Å². The second-order valence-corrected chi connectivity index (χ2v) is 8.03. The molecule has 2 heterocycles. The largest absolute Gasteiger partial charge is 0.476 e. The number of hydrazone groups is 1. The van der Waals surface area contributed by atoms with Crippen molar-refractivity contribution in [1.29, 1.82) is 0 Å². The third kappa shape index (κ3) is 7.96. The van der Waals surface area contributed by atoms with Gasteiger partial charge >= 0.3 is 0 Å². The van der Waals surface area contributed by atoms with Crippen LogP contribution in [-0.4, -0.2) is 79.5 Å². The van der Waals surface area contributed by atoms with Crippen LogP contribution in [0, 0.1) is 0 Å². The molecule has 0 atom stereocenters. The van der Waals surface area contributed by atoms with E-state index in [1.54, 1.807) is 30.5 Å². The van der Waals surface area contributed by atoms with Gasteiger partial charge in [-0.2, -0.15) is 10.1 Å². The number of ether oxygens (including phenoxy) is 2. The van der Waals surface area contributed by atoms with Gasteiger partial charge in [0.2, 0.25) is 11.8 Å². The van der Waals surface area contributed by atoms with E-state index >= 15 is 0 Å². The number of anilines is 2. The van der Waals surface area contributed by atoms with Gasteiger partial charge in [-0.05, 0) is 31.0 Å². The highest BCUT2D eigenvalue weighted by Crippen LogP contribution is 2.18. The molecule has 0 radical (unpaired) electrons. The Bertz CT molecular complexity index is 942. The molecule has 1 aromatic heterocycles. The maximum absolute atomic E-state index is 11.4. The topological polar surface area (TPSA) is 118 Å². The van der Waals surface area contributed by atoms with Gasteiger partial charge in [-0.3, -0.25) is 15.1 Å². The Morgan fingerprint density at radius 2 is 2.00 bits per heavy atom. The summed E-state index contributed by atoms with van der Waals surface area (Å²) < 4.78 is 11.4. The van der Waals surface area contributed by atoms with Crippen molar-refractivity contribution in [3.8, 4) is 5.88 Å². The van der Waals surface area contributed by atoms with Gasteiger partial charge in [0.15, 0.2) is 5.82 Å². The lowest BCUT2D eigenvalue weighted by molar-refractivity contribution is 0.0320. The number of primary amides is 1. The molecule has 1 saturated heterocycles. The third-order valence-electron chi connectivity index (χ3n) is 5.30. The zero-order valence-corrected chi connectivity index (χ0v) is 20.1. The maximum Gasteiger partial charge on any atom is 0.248 e. The van der Waals surface area contributed by atoms with E-state index in [1.807, 2.05) is 6.07 Å². The number of carbonyl (C=O) groups excluding carboxylic acids is 1. The Balaban J connectivity index is 1.73. The van der Waals surface area contributed by atoms with Gasteiger partial charge in [0.1, 0.15) is 12.4 Å². The number of nitrogens with two attached hydrogens (primary N) is 1. The van der Waals surface area contributed by atoms with Gasteiger partial charge in [0, 0.05) is 44.4 Å². The molecule has 0 aliphatic carbocycles. The van der Waals surface area contributed by atoms with Crippen molar-refractivity contribution in [3.63, 3.8) is 0 Å². The Morgan fingerprint density at radius 1 is 1.24 bits per heavy atom. The lowest BCUT2D eigenvalue weighted by Gasteiger charge is -2.26. The van der Waals surface area contributed by atoms with Crippen LogP contribution in [0.2, 0.25) is 0 Å². The normalized spacial score (nSPS) is 14.3. The molecule has 3 rings (SSSR count). The summed E-state index contributed by atoms with van der Waals surface area (Å²) in [5.74, 6) is 1.29. The highest BCUT2D eigenvalue weighted by Gasteiger charge is 2.13. The van der Waals surface area contributed by atoms with E-state index in [1.165, 1.54) is 0 Å². The van der Waals surface area contributed by atoms with Gasteiger partial charge in [0.25, 0.3) is 0 Å². The molecule has 1 aliphatic heterocycles. The predicted molar refractivity (Wildman–Crippen MR) is 134 cm³/mol. The molecule has 0 unspecified atom stereocenters. The molecule has 2 aromatic rings. The van der Waals surface area contributed by atoms with Gasteiger partial charge in [-0.1, -0.05) is 19.9 Å². The summed E-state index contributed by atoms with van der Waals surface area (Å²) in [4.78, 5) is 25.2. The number of hydrogen-bond acceptors (Lipinski definition) is 9. The number of benzene rings is 1. The molecule has 1 aromatic carbocycles. The van der Waals surface area contributed by atoms with Crippen molar-refractivity contribution in [2.24, 2.45) is 10.8 Å². The Labute approximate surface area is 201 Å². The SMILES string of the molecule is CCCN(CCC)c1cc(OCCN2CCOCC2)nc(/C=N/Nc2cccc(C(N)=O)c2)n1. The molecule has 0 saturated carbocycles. The zero-order chi connectivity index (χ0) is 24.2. The number of amides is 1. The first-order valence-corrected chi connectivity index (χ1v) is 11.8. The number of aromatic nitrogens is 2. The van der Waals surface area contributed by atoms with Crippen LogP contribution >= 0.6 is 0 Å². The Kier molecular flexibility index (Phi) is 10.1. The molecule has 0 spiro atoms. The summed E-state index contributed by atoms with van der Waals surface area (Å²) >= 11 is 0. The second-order valence-electron chi connectivity index (χ2n) is 8.03. The number of nitrogens with one attached hydrogen (secondary N) is 1. The molecule has 0 bridgehead atoms. The zero-order valence-electron chi connectivity index (χ0n) is 20.1. The van der Waals surface area contributed by atoms with E-state index < -0.39 is 5.91 Å². The summed E-state index contributed by atoms with van der Waals surface area (Å²) in [5.41, 5.74) is 9.30. The molecule has 34 heavy (non-hydrogen) atoms. The van der Waals surface area contributed by atoms with Crippen molar-refractivity contribution >= 4 is 23.6 Å². The predicted octanol–water partition coefficient (Wildman–Crippen LogP) is 2.36. The van der Waals surface area contributed by atoms with Crippen molar-refractivity contribution in [1.82, 2.24) is 14.9 Å². The quantitative estimate of drug-likeness (QED) is 0.339. The number of nitrogens with zero attached hydrogens (tertiary/aromatic N) is 5. The molecule has 10 heteroatoms. The minimum Gasteiger partial charge on any atom is -0.476 e. The fourth-order valence-electron chi connectivity index (χ4n) is 3.62. The van der Waals surface area contributed by atoms with E-state index in [4.69, 9.17) is 20.2 Å². The molecule has 3 N–H and O–H groups in total. The van der Waals surface area contributed by atoms with Crippen LogP contribution in [0.1, 0.15) is 42.9 Å². The van der Waals surface area contributed by atoms with E-state index in [0.29, 0.717) is 29.6 Å². The summed E-state index contributed by atoms with van der Waals surface area (Å²) in [7, 11) is 0. The number of morpholine rings is 1. The van der Waals surface area contributed by atoms with Crippen LogP contribution in [0.4, 0.5) is 11.5 Å². The Hall–Kier alpha value is -3.24. The number of hydrogen-bond donors (Lipinski definition) is 2. The highest BCUT2D eigenvalue weighted by atomic mass is 16.5. The van der Waals surface area contributed by atoms with E-state index in [0.717, 1.165) is 64.6 Å². The van der Waals surface area contributed by atoms with Crippen LogP contribution in [0.3, 0.4) is 0 Å². The summed E-state index contributed by atoms with van der Waals surface area (Å²) in [6.45, 7) is 10.8. The van der Waals surface area contributed by atoms with E-state index in [-0.39, 0.29) is 0 Å². The summed E-state index contributed by atoms with van der Waals surface area (Å²) in [6.07, 6.45) is 3.57. The van der Waals surface area contributed by atoms with Crippen LogP contribution in [0.15, 0.2) is 35.4 Å². The monoisotopic (exact) mass is 469 g/mol. The van der Waals surface area contributed by atoms with Crippen LogP contribution in [-0.2, 0) is 4.74 Å². The molecular formula is C24H35N7O3. The van der Waals surface area contributed by atoms with Gasteiger partial charge in [0.05, 0.1) is 25.1 Å². The van der Waals surface area contributed by atoms with Crippen molar-refractivity contribution in [2.75, 3.05) is 62.9 Å². The first-order valence-electron chi connectivity index (χ1n) is 11.8. The van der Waals surface area contributed by atoms with Crippen molar-refractivity contribution < 1.29 is 14.3 Å². The van der Waals surface area contributed by atoms with Crippen LogP contribution < -0.4 is 20.8 Å². The minimum atomic E-state index is -0.491. The van der Waals surface area contributed by atoms with Gasteiger partial charge < -0.3 is 20.1 Å². The van der Waals surface area contributed by atoms with Gasteiger partial charge in [-0.15, -0.1) is 0 Å². The van der Waals surface area contributed by atoms with Gasteiger partial charge in [-0.25, -0.2) is 4.98 Å². The van der Waals surface area contributed by atoms with Crippen molar-refractivity contribution in [3.05, 3.63) is 41.7 Å². The number of rotatable bonds is 13. The average Bonchev–Trinajstić information content (AvgIpc) is 2.85. The lowest BCUT2D eigenvalue weighted by atomic mass is 10.2. The van der Waals surface area contributed by atoms with E-state index in [9.17, 15) is 4.79 Å². The fourth-order valence-corrected chi connectivity index (χ4v) is 3.62. The molecule has 184 valence electrons. The van der Waals surface area contributed by atoms with Crippen molar-refractivity contribution in [2.45, 2.75) is 26.7 Å². The average molecular weight is 470 g/mol. The number of carbonyl (C=O) groups is 1. The second kappa shape index (κ2) is 13.5. The lowest BCUT2D eigenvalue weighted by Crippen LogP contribution is -2.38. The molecule has 1 aliphatic rings. The first kappa shape index (κ1) is 25.4. The highest BCUT2D eigenvalue weighted by molar-refractivity contribution is 5.93. The molecule has 1 fully saturated rings. The molecule has 1 amide bonds. The van der Waals surface area contributed by atoms with E-state index in [2.05, 4.69) is 39.2 Å². The maximum atomic E-state index is 11.4. The standard InChI is InChI=1S/C24H35N7O3/c1-3-8-31(9-4-2)22-17-23(34-15-12-30-10-13-33-14-11-30)28-21(27-22)18-26-29-20-7-5-6-19(16-20)24(25)32/h5-7,16-18,29H,3-4,8-15H2,1-2H3,(H2,25,32)/b26-18+. The molecule has 10 nitrogen and oxygen atoms in total. The molecular weight excluding hydrogens is 434 g/mol. The first-order chi connectivity index (χ1) is 16.6. The minimum absolute atomic E-state index is 0.407. The Morgan fingerprint density at radius 3 is 2.71 bits per heavy atom. The van der Waals surface area contributed by atoms with Crippen LogP contribution in [0.25, 0.3) is 0 Å². The summed E-state index contributed by atoms with van der Waals surface area (Å²) in [5, 5.41) is 4.25. The smallest absolute Gasteiger partial charge is 0.248 e.